The lowest BCUT2D eigenvalue weighted by atomic mass is 10.3. The number of rotatable bonds is 4. The molecule has 0 bridgehead atoms. The van der Waals surface area contributed by atoms with Crippen molar-refractivity contribution in [1.29, 1.82) is 0 Å². The number of aromatic amines is 1. The summed E-state index contributed by atoms with van der Waals surface area (Å²) in [6.45, 7) is 3.66. The van der Waals surface area contributed by atoms with Gasteiger partial charge in [0.25, 0.3) is 0 Å². The van der Waals surface area contributed by atoms with Crippen LogP contribution in [0.25, 0.3) is 11.0 Å². The predicted octanol–water partition coefficient (Wildman–Crippen LogP) is 2.93. The minimum absolute atomic E-state index is 0.235. The van der Waals surface area contributed by atoms with Crippen molar-refractivity contribution in [2.45, 2.75) is 4.90 Å². The first-order valence-electron chi connectivity index (χ1n) is 4.92. The Morgan fingerprint density at radius 1 is 1.65 bits per heavy atom. The van der Waals surface area contributed by atoms with Crippen molar-refractivity contribution in [3.8, 4) is 0 Å². The number of nitrogens with one attached hydrogen (secondary N) is 2. The minimum Gasteiger partial charge on any atom is -0.465 e. The Morgan fingerprint density at radius 2 is 2.47 bits per heavy atom. The predicted molar refractivity (Wildman–Crippen MR) is 68.7 cm³/mol. The van der Waals surface area contributed by atoms with Crippen LogP contribution in [-0.2, 0) is 0 Å². The van der Waals surface area contributed by atoms with Crippen LogP contribution in [-0.4, -0.2) is 26.9 Å². The standard InChI is InChI=1S/C11H11N3O2S/c1-2-5-17-7-3-4-8-9(6-7)13-10(12-8)14-11(15)16/h2-4,6H,1,5H2,(H,15,16)(H2,12,13,14). The summed E-state index contributed by atoms with van der Waals surface area (Å²) in [6.07, 6.45) is 0.699. The molecule has 1 aromatic carbocycles. The van der Waals surface area contributed by atoms with Gasteiger partial charge in [-0.2, -0.15) is 0 Å². The fourth-order valence-electron chi connectivity index (χ4n) is 1.39. The number of amides is 1. The van der Waals surface area contributed by atoms with E-state index in [9.17, 15) is 4.79 Å². The maximum absolute atomic E-state index is 10.5. The lowest BCUT2D eigenvalue weighted by Crippen LogP contribution is -2.08. The van der Waals surface area contributed by atoms with Gasteiger partial charge in [0.2, 0.25) is 5.95 Å². The number of carbonyl (C=O) groups is 1. The van der Waals surface area contributed by atoms with E-state index in [0.717, 1.165) is 21.7 Å². The third-order valence-corrected chi connectivity index (χ3v) is 3.04. The topological polar surface area (TPSA) is 78.0 Å². The van der Waals surface area contributed by atoms with E-state index in [2.05, 4.69) is 21.9 Å². The molecule has 1 aromatic heterocycles. The molecule has 0 aliphatic heterocycles. The van der Waals surface area contributed by atoms with Crippen LogP contribution in [0, 0.1) is 0 Å². The zero-order chi connectivity index (χ0) is 12.3. The molecule has 0 unspecified atom stereocenters. The van der Waals surface area contributed by atoms with Crippen LogP contribution in [0.4, 0.5) is 10.7 Å². The highest BCUT2D eigenvalue weighted by molar-refractivity contribution is 7.99. The number of aromatic nitrogens is 2. The van der Waals surface area contributed by atoms with Crippen molar-refractivity contribution in [1.82, 2.24) is 9.97 Å². The Labute approximate surface area is 102 Å². The van der Waals surface area contributed by atoms with E-state index < -0.39 is 6.09 Å². The molecule has 0 spiro atoms. The van der Waals surface area contributed by atoms with Gasteiger partial charge in [0.05, 0.1) is 11.0 Å². The number of benzene rings is 1. The van der Waals surface area contributed by atoms with Crippen LogP contribution >= 0.6 is 11.8 Å². The Hall–Kier alpha value is -1.95. The SMILES string of the molecule is C=CCSc1ccc2nc(NC(=O)O)[nH]c2c1. The highest BCUT2D eigenvalue weighted by atomic mass is 32.2. The van der Waals surface area contributed by atoms with Crippen molar-refractivity contribution < 1.29 is 9.90 Å². The molecule has 0 fully saturated rings. The van der Waals surface area contributed by atoms with Crippen molar-refractivity contribution >= 4 is 34.8 Å². The van der Waals surface area contributed by atoms with Gasteiger partial charge in [-0.05, 0) is 18.2 Å². The molecule has 2 rings (SSSR count). The largest absolute Gasteiger partial charge is 0.465 e. The number of fused-ring (bicyclic) bond motifs is 1. The van der Waals surface area contributed by atoms with E-state index in [1.807, 2.05) is 24.3 Å². The maximum atomic E-state index is 10.5. The third-order valence-electron chi connectivity index (χ3n) is 2.05. The first-order chi connectivity index (χ1) is 8.19. The lowest BCUT2D eigenvalue weighted by Gasteiger charge is -1.97. The second kappa shape index (κ2) is 4.92. The number of nitrogens with zero attached hydrogens (tertiary/aromatic N) is 1. The first kappa shape index (κ1) is 11.5. The van der Waals surface area contributed by atoms with Gasteiger partial charge in [0.1, 0.15) is 0 Å². The molecule has 6 heteroatoms. The fraction of sp³-hybridized carbons (Fsp3) is 0.0909. The summed E-state index contributed by atoms with van der Waals surface area (Å²) in [4.78, 5) is 18.6. The molecule has 3 N–H and O–H groups in total. The number of hydrogen-bond acceptors (Lipinski definition) is 3. The molecule has 0 atom stereocenters. The number of anilines is 1. The summed E-state index contributed by atoms with van der Waals surface area (Å²) in [7, 11) is 0. The average Bonchev–Trinajstić information content (AvgIpc) is 2.66. The van der Waals surface area contributed by atoms with E-state index in [4.69, 9.17) is 5.11 Å². The quantitative estimate of drug-likeness (QED) is 0.575. The van der Waals surface area contributed by atoms with Crippen molar-refractivity contribution in [3.63, 3.8) is 0 Å². The summed E-state index contributed by atoms with van der Waals surface area (Å²) in [5, 5.41) is 10.8. The second-order valence-electron chi connectivity index (χ2n) is 3.29. The third kappa shape index (κ3) is 2.79. The van der Waals surface area contributed by atoms with E-state index in [1.54, 1.807) is 11.8 Å². The molecule has 0 saturated heterocycles. The van der Waals surface area contributed by atoms with Gasteiger partial charge in [-0.1, -0.05) is 6.08 Å². The van der Waals surface area contributed by atoms with Gasteiger partial charge >= 0.3 is 6.09 Å². The van der Waals surface area contributed by atoms with Crippen LogP contribution in [0.5, 0.6) is 0 Å². The van der Waals surface area contributed by atoms with Crippen molar-refractivity contribution in [2.24, 2.45) is 0 Å². The zero-order valence-corrected chi connectivity index (χ0v) is 9.75. The normalized spacial score (nSPS) is 10.4. The summed E-state index contributed by atoms with van der Waals surface area (Å²) in [5.41, 5.74) is 1.54. The van der Waals surface area contributed by atoms with Gasteiger partial charge in [-0.3, -0.25) is 5.32 Å². The molecule has 17 heavy (non-hydrogen) atoms. The van der Waals surface area contributed by atoms with Crippen LogP contribution in [0.3, 0.4) is 0 Å². The maximum Gasteiger partial charge on any atom is 0.411 e. The highest BCUT2D eigenvalue weighted by Crippen LogP contribution is 2.23. The molecule has 0 radical (unpaired) electrons. The number of carboxylic acid groups (broad SMARTS) is 1. The van der Waals surface area contributed by atoms with E-state index in [0.29, 0.717) is 0 Å². The van der Waals surface area contributed by atoms with Gasteiger partial charge in [-0.15, -0.1) is 18.3 Å². The van der Waals surface area contributed by atoms with Gasteiger partial charge < -0.3 is 10.1 Å². The Bertz CT molecular complexity index is 565. The molecule has 1 amide bonds. The number of imidazole rings is 1. The molecule has 0 saturated carbocycles. The van der Waals surface area contributed by atoms with E-state index >= 15 is 0 Å². The monoisotopic (exact) mass is 249 g/mol. The fourth-order valence-corrected chi connectivity index (χ4v) is 2.07. The van der Waals surface area contributed by atoms with Crippen LogP contribution < -0.4 is 5.32 Å². The van der Waals surface area contributed by atoms with Gasteiger partial charge in [-0.25, -0.2) is 9.78 Å². The highest BCUT2D eigenvalue weighted by Gasteiger charge is 2.05. The molecule has 88 valence electrons. The van der Waals surface area contributed by atoms with Gasteiger partial charge in [0, 0.05) is 10.6 Å². The average molecular weight is 249 g/mol. The Balaban J connectivity index is 2.27. The van der Waals surface area contributed by atoms with E-state index in [1.165, 1.54) is 0 Å². The molecule has 0 aliphatic rings. The summed E-state index contributed by atoms with van der Waals surface area (Å²) in [6, 6.07) is 5.73. The number of H-pyrrole nitrogens is 1. The number of hydrogen-bond donors (Lipinski definition) is 3. The Kier molecular flexibility index (Phi) is 3.34. The summed E-state index contributed by atoms with van der Waals surface area (Å²) in [5.74, 6) is 1.07. The zero-order valence-electron chi connectivity index (χ0n) is 8.93. The molecule has 2 aromatic rings. The lowest BCUT2D eigenvalue weighted by molar-refractivity contribution is 0.209. The molecule has 5 nitrogen and oxygen atoms in total. The smallest absolute Gasteiger partial charge is 0.411 e. The summed E-state index contributed by atoms with van der Waals surface area (Å²) < 4.78 is 0. The van der Waals surface area contributed by atoms with Crippen molar-refractivity contribution in [3.05, 3.63) is 30.9 Å². The Morgan fingerprint density at radius 3 is 3.18 bits per heavy atom. The van der Waals surface area contributed by atoms with Crippen LogP contribution in [0.15, 0.2) is 35.7 Å². The molecule has 1 heterocycles. The minimum atomic E-state index is -1.13. The first-order valence-corrected chi connectivity index (χ1v) is 5.91. The van der Waals surface area contributed by atoms with E-state index in [-0.39, 0.29) is 5.95 Å². The second-order valence-corrected chi connectivity index (χ2v) is 4.39. The molecular weight excluding hydrogens is 238 g/mol. The van der Waals surface area contributed by atoms with Crippen molar-refractivity contribution in [2.75, 3.05) is 11.1 Å². The number of thioether (sulfide) groups is 1. The molecule has 0 aliphatic carbocycles. The van der Waals surface area contributed by atoms with Crippen LogP contribution in [0.1, 0.15) is 0 Å². The summed E-state index contributed by atoms with van der Waals surface area (Å²) >= 11 is 1.66. The molecular formula is C11H11N3O2S. The van der Waals surface area contributed by atoms with Gasteiger partial charge in [0.15, 0.2) is 0 Å². The van der Waals surface area contributed by atoms with Crippen LogP contribution in [0.2, 0.25) is 0 Å².